The summed E-state index contributed by atoms with van der Waals surface area (Å²) in [4.78, 5) is 30.1. The van der Waals surface area contributed by atoms with Gasteiger partial charge in [0.15, 0.2) is 0 Å². The van der Waals surface area contributed by atoms with Gasteiger partial charge < -0.3 is 19.3 Å². The number of carbonyl (C=O) groups excluding carboxylic acids is 2. The molecule has 0 saturated carbocycles. The number of halogens is 1. The molecule has 0 unspecified atom stereocenters. The number of para-hydroxylation sites is 1. The standard InChI is InChI=1S/C26H31FN2O4/c1-19(30)29-14-13-28(18-23(29)21-8-4-6-10-24(21)32-2)25(31)26(11-15-33-16-12-26)17-20-7-3-5-9-22(20)27/h3-10,23H,11-18H2,1-2H3/t23-/m1/s1. The summed E-state index contributed by atoms with van der Waals surface area (Å²) in [6.45, 7) is 3.77. The van der Waals surface area contributed by atoms with Gasteiger partial charge in [0.1, 0.15) is 11.6 Å². The molecule has 0 aromatic heterocycles. The van der Waals surface area contributed by atoms with Crippen molar-refractivity contribution in [2.75, 3.05) is 40.0 Å². The molecule has 176 valence electrons. The van der Waals surface area contributed by atoms with Crippen LogP contribution in [-0.2, 0) is 20.7 Å². The molecule has 0 spiro atoms. The van der Waals surface area contributed by atoms with Crippen LogP contribution < -0.4 is 4.74 Å². The number of hydrogen-bond donors (Lipinski definition) is 0. The second-order valence-electron chi connectivity index (χ2n) is 8.88. The van der Waals surface area contributed by atoms with E-state index >= 15 is 0 Å². The smallest absolute Gasteiger partial charge is 0.229 e. The minimum Gasteiger partial charge on any atom is -0.496 e. The van der Waals surface area contributed by atoms with E-state index in [1.807, 2.05) is 29.2 Å². The van der Waals surface area contributed by atoms with Crippen molar-refractivity contribution in [3.05, 3.63) is 65.5 Å². The summed E-state index contributed by atoms with van der Waals surface area (Å²) in [5.74, 6) is 0.377. The number of carbonyl (C=O) groups is 2. The topological polar surface area (TPSA) is 59.1 Å². The Hall–Kier alpha value is -2.93. The summed E-state index contributed by atoms with van der Waals surface area (Å²) < 4.78 is 25.6. The molecule has 0 N–H and O–H groups in total. The molecular formula is C26H31FN2O4. The number of hydrogen-bond acceptors (Lipinski definition) is 4. The van der Waals surface area contributed by atoms with Crippen molar-refractivity contribution in [3.8, 4) is 5.75 Å². The zero-order valence-corrected chi connectivity index (χ0v) is 19.3. The maximum atomic E-state index is 14.5. The van der Waals surface area contributed by atoms with E-state index in [1.54, 1.807) is 37.1 Å². The first-order valence-corrected chi connectivity index (χ1v) is 11.5. The average molecular weight is 455 g/mol. The molecule has 2 aromatic rings. The number of nitrogens with zero attached hydrogens (tertiary/aromatic N) is 2. The Balaban J connectivity index is 1.64. The zero-order valence-electron chi connectivity index (χ0n) is 19.3. The van der Waals surface area contributed by atoms with Gasteiger partial charge in [-0.2, -0.15) is 0 Å². The van der Waals surface area contributed by atoms with Crippen LogP contribution in [0.1, 0.15) is 36.9 Å². The van der Waals surface area contributed by atoms with Crippen LogP contribution in [0.25, 0.3) is 0 Å². The lowest BCUT2D eigenvalue weighted by molar-refractivity contribution is -0.154. The van der Waals surface area contributed by atoms with Gasteiger partial charge in [0, 0.05) is 45.3 Å². The molecule has 2 amide bonds. The van der Waals surface area contributed by atoms with Crippen LogP contribution >= 0.6 is 0 Å². The number of methoxy groups -OCH3 is 1. The molecule has 2 aliphatic rings. The number of ether oxygens (including phenoxy) is 2. The lowest BCUT2D eigenvalue weighted by Crippen LogP contribution is -2.56. The minimum absolute atomic E-state index is 0.0113. The third-order valence-corrected chi connectivity index (χ3v) is 6.96. The number of benzene rings is 2. The molecule has 2 aromatic carbocycles. The van der Waals surface area contributed by atoms with Crippen LogP contribution in [0.15, 0.2) is 48.5 Å². The molecule has 7 heteroatoms. The Kier molecular flexibility index (Phi) is 6.98. The molecule has 6 nitrogen and oxygen atoms in total. The lowest BCUT2D eigenvalue weighted by Gasteiger charge is -2.46. The fourth-order valence-electron chi connectivity index (χ4n) is 5.12. The molecule has 33 heavy (non-hydrogen) atoms. The second-order valence-corrected chi connectivity index (χ2v) is 8.88. The highest BCUT2D eigenvalue weighted by Crippen LogP contribution is 2.39. The van der Waals surface area contributed by atoms with Crippen molar-refractivity contribution in [1.29, 1.82) is 0 Å². The summed E-state index contributed by atoms with van der Waals surface area (Å²) in [7, 11) is 1.61. The van der Waals surface area contributed by atoms with E-state index in [2.05, 4.69) is 0 Å². The molecule has 2 fully saturated rings. The largest absolute Gasteiger partial charge is 0.496 e. The van der Waals surface area contributed by atoms with Gasteiger partial charge >= 0.3 is 0 Å². The van der Waals surface area contributed by atoms with Crippen molar-refractivity contribution in [2.45, 2.75) is 32.2 Å². The predicted octanol–water partition coefficient (Wildman–Crippen LogP) is 3.61. The van der Waals surface area contributed by atoms with Crippen LogP contribution in [0.2, 0.25) is 0 Å². The number of amides is 2. The molecule has 4 rings (SSSR count). The number of rotatable bonds is 5. The van der Waals surface area contributed by atoms with Crippen LogP contribution in [0, 0.1) is 11.2 Å². The Morgan fingerprint density at radius 3 is 2.48 bits per heavy atom. The van der Waals surface area contributed by atoms with E-state index in [-0.39, 0.29) is 23.7 Å². The first-order chi connectivity index (χ1) is 15.9. The lowest BCUT2D eigenvalue weighted by atomic mass is 9.73. The highest BCUT2D eigenvalue weighted by molar-refractivity contribution is 5.84. The molecule has 0 aliphatic carbocycles. The highest BCUT2D eigenvalue weighted by Gasteiger charge is 2.45. The van der Waals surface area contributed by atoms with Gasteiger partial charge in [-0.25, -0.2) is 4.39 Å². The third-order valence-electron chi connectivity index (χ3n) is 6.96. The van der Waals surface area contributed by atoms with Gasteiger partial charge in [-0.15, -0.1) is 0 Å². The maximum absolute atomic E-state index is 14.5. The third kappa shape index (κ3) is 4.74. The second kappa shape index (κ2) is 9.91. The van der Waals surface area contributed by atoms with Crippen molar-refractivity contribution < 1.29 is 23.5 Å². The van der Waals surface area contributed by atoms with Gasteiger partial charge in [0.2, 0.25) is 11.8 Å². The molecular weight excluding hydrogens is 423 g/mol. The fourth-order valence-corrected chi connectivity index (χ4v) is 5.12. The van der Waals surface area contributed by atoms with E-state index in [1.165, 1.54) is 6.07 Å². The van der Waals surface area contributed by atoms with Gasteiger partial charge in [-0.1, -0.05) is 36.4 Å². The molecule has 0 bridgehead atoms. The van der Waals surface area contributed by atoms with Gasteiger partial charge in [0.05, 0.1) is 18.6 Å². The minimum atomic E-state index is -0.718. The molecule has 2 saturated heterocycles. The van der Waals surface area contributed by atoms with Crippen molar-refractivity contribution in [1.82, 2.24) is 9.80 Å². The van der Waals surface area contributed by atoms with Crippen LogP contribution in [0.4, 0.5) is 4.39 Å². The van der Waals surface area contributed by atoms with Gasteiger partial charge in [-0.05, 0) is 37.0 Å². The van der Waals surface area contributed by atoms with Crippen molar-refractivity contribution in [2.24, 2.45) is 5.41 Å². The SMILES string of the molecule is COc1ccccc1[C@H]1CN(C(=O)C2(Cc3ccccc3F)CCOCC2)CCN1C(C)=O. The summed E-state index contributed by atoms with van der Waals surface area (Å²) in [6, 6.07) is 14.0. The Morgan fingerprint density at radius 2 is 1.79 bits per heavy atom. The molecule has 2 aliphatic heterocycles. The van der Waals surface area contributed by atoms with E-state index in [0.717, 1.165) is 5.56 Å². The molecule has 2 heterocycles. The van der Waals surface area contributed by atoms with E-state index in [0.29, 0.717) is 63.4 Å². The van der Waals surface area contributed by atoms with Crippen molar-refractivity contribution in [3.63, 3.8) is 0 Å². The zero-order chi connectivity index (χ0) is 23.4. The summed E-state index contributed by atoms with van der Waals surface area (Å²) in [5, 5.41) is 0. The predicted molar refractivity (Wildman–Crippen MR) is 122 cm³/mol. The van der Waals surface area contributed by atoms with Crippen molar-refractivity contribution >= 4 is 11.8 Å². The van der Waals surface area contributed by atoms with E-state index < -0.39 is 5.41 Å². The quantitative estimate of drug-likeness (QED) is 0.693. The average Bonchev–Trinajstić information content (AvgIpc) is 2.85. The summed E-state index contributed by atoms with van der Waals surface area (Å²) in [6.07, 6.45) is 1.44. The highest BCUT2D eigenvalue weighted by atomic mass is 19.1. The van der Waals surface area contributed by atoms with Crippen LogP contribution in [0.3, 0.4) is 0 Å². The fraction of sp³-hybridized carbons (Fsp3) is 0.462. The summed E-state index contributed by atoms with van der Waals surface area (Å²) >= 11 is 0. The van der Waals surface area contributed by atoms with Gasteiger partial charge in [-0.3, -0.25) is 9.59 Å². The summed E-state index contributed by atoms with van der Waals surface area (Å²) in [5.41, 5.74) is 0.712. The Labute approximate surface area is 194 Å². The van der Waals surface area contributed by atoms with E-state index in [9.17, 15) is 14.0 Å². The Morgan fingerprint density at radius 1 is 1.09 bits per heavy atom. The normalized spacial score (nSPS) is 20.4. The first-order valence-electron chi connectivity index (χ1n) is 11.5. The van der Waals surface area contributed by atoms with E-state index in [4.69, 9.17) is 9.47 Å². The maximum Gasteiger partial charge on any atom is 0.229 e. The monoisotopic (exact) mass is 454 g/mol. The molecule has 0 radical (unpaired) electrons. The van der Waals surface area contributed by atoms with Crippen LogP contribution in [0.5, 0.6) is 5.75 Å². The Bertz CT molecular complexity index is 1010. The molecule has 1 atom stereocenters. The van der Waals surface area contributed by atoms with Gasteiger partial charge in [0.25, 0.3) is 0 Å². The number of piperazine rings is 1. The first kappa shape index (κ1) is 23.2. The van der Waals surface area contributed by atoms with Crippen LogP contribution in [-0.4, -0.2) is 61.6 Å².